The third kappa shape index (κ3) is 2.49. The largest absolute Gasteiger partial charge is 0.479 e. The van der Waals surface area contributed by atoms with E-state index in [1.807, 2.05) is 0 Å². The zero-order chi connectivity index (χ0) is 16.7. The Bertz CT molecular complexity index is 604. The number of alkyl halides is 1. The Morgan fingerprint density at radius 1 is 1.30 bits per heavy atom. The second kappa shape index (κ2) is 5.27. The molecule has 23 heavy (non-hydrogen) atoms. The molecule has 1 N–H and O–H groups in total. The molecular formula is C15H18FN3O4. The van der Waals surface area contributed by atoms with Crippen molar-refractivity contribution in [2.45, 2.75) is 37.0 Å². The van der Waals surface area contributed by atoms with E-state index in [1.165, 1.54) is 4.90 Å². The van der Waals surface area contributed by atoms with Crippen LogP contribution in [0.4, 0.5) is 4.39 Å². The van der Waals surface area contributed by atoms with E-state index < -0.39 is 29.3 Å². The lowest BCUT2D eigenvalue weighted by Gasteiger charge is -2.43. The number of rotatable bonds is 6. The molecule has 1 unspecified atom stereocenters. The zero-order valence-corrected chi connectivity index (χ0v) is 12.6. The molecule has 0 radical (unpaired) electrons. The molecule has 1 spiro atoms. The van der Waals surface area contributed by atoms with Crippen LogP contribution in [0.3, 0.4) is 0 Å². The van der Waals surface area contributed by atoms with E-state index >= 15 is 0 Å². The third-order valence-electron chi connectivity index (χ3n) is 4.98. The van der Waals surface area contributed by atoms with Crippen LogP contribution in [0, 0.1) is 17.8 Å². The Balaban J connectivity index is 1.59. The highest BCUT2D eigenvalue weighted by Gasteiger charge is 2.68. The predicted octanol–water partition coefficient (Wildman–Crippen LogP) is 0.994. The molecule has 3 heterocycles. The van der Waals surface area contributed by atoms with Crippen molar-refractivity contribution in [2.75, 3.05) is 26.3 Å². The van der Waals surface area contributed by atoms with Gasteiger partial charge in [-0.05, 0) is 0 Å². The van der Waals surface area contributed by atoms with Gasteiger partial charge in [0.15, 0.2) is 5.66 Å². The maximum Gasteiger partial charge on any atom is 0.344 e. The van der Waals surface area contributed by atoms with Gasteiger partial charge in [-0.25, -0.2) is 9.18 Å². The number of carboxylic acids is 1. The van der Waals surface area contributed by atoms with E-state index in [9.17, 15) is 19.1 Å². The van der Waals surface area contributed by atoms with Crippen LogP contribution < -0.4 is 0 Å². The molecule has 7 nitrogen and oxygen atoms in total. The minimum Gasteiger partial charge on any atom is -0.479 e. The number of terminal acetylenes is 1. The molecule has 0 bridgehead atoms. The Morgan fingerprint density at radius 2 is 2.00 bits per heavy atom. The van der Waals surface area contributed by atoms with E-state index in [2.05, 4.69) is 16.1 Å². The van der Waals surface area contributed by atoms with Crippen molar-refractivity contribution in [1.82, 2.24) is 4.90 Å². The van der Waals surface area contributed by atoms with Crippen molar-refractivity contribution < 1.29 is 23.8 Å². The number of nitrogens with zero attached hydrogens (tertiary/aromatic N) is 3. The van der Waals surface area contributed by atoms with Crippen LogP contribution in [-0.2, 0) is 14.3 Å². The first-order chi connectivity index (χ1) is 10.9. The van der Waals surface area contributed by atoms with Crippen LogP contribution in [0.5, 0.6) is 0 Å². The van der Waals surface area contributed by atoms with E-state index in [1.54, 1.807) is 0 Å². The highest BCUT2D eigenvalue weighted by Crippen LogP contribution is 2.48. The maximum atomic E-state index is 14.9. The molecule has 0 aromatic rings. The number of ether oxygens (including phenoxy) is 1. The average molecular weight is 323 g/mol. The van der Waals surface area contributed by atoms with Gasteiger partial charge in [-0.2, -0.15) is 10.2 Å². The summed E-state index contributed by atoms with van der Waals surface area (Å²) in [5.74, 6) is 0.695. The summed E-state index contributed by atoms with van der Waals surface area (Å²) in [5, 5.41) is 17.1. The van der Waals surface area contributed by atoms with E-state index in [0.29, 0.717) is 19.3 Å². The van der Waals surface area contributed by atoms with Crippen molar-refractivity contribution in [2.24, 2.45) is 15.6 Å². The molecule has 3 aliphatic rings. The molecule has 0 aromatic carbocycles. The number of halogens is 1. The van der Waals surface area contributed by atoms with E-state index in [4.69, 9.17) is 11.2 Å². The van der Waals surface area contributed by atoms with Gasteiger partial charge in [0.05, 0.1) is 25.2 Å². The Kier molecular flexibility index (Phi) is 3.64. The number of carboxylic acid groups (broad SMARTS) is 1. The van der Waals surface area contributed by atoms with Crippen LogP contribution in [0.2, 0.25) is 0 Å². The van der Waals surface area contributed by atoms with Gasteiger partial charge in [0.2, 0.25) is 11.6 Å². The average Bonchev–Trinajstić information content (AvgIpc) is 3.17. The summed E-state index contributed by atoms with van der Waals surface area (Å²) >= 11 is 0. The molecule has 2 fully saturated rings. The molecular weight excluding hydrogens is 305 g/mol. The van der Waals surface area contributed by atoms with Gasteiger partial charge in [0.25, 0.3) is 0 Å². The molecule has 0 aromatic heterocycles. The van der Waals surface area contributed by atoms with Crippen LogP contribution in [0.15, 0.2) is 10.2 Å². The monoisotopic (exact) mass is 323 g/mol. The quantitative estimate of drug-likeness (QED) is 0.738. The Morgan fingerprint density at radius 3 is 2.43 bits per heavy atom. The van der Waals surface area contributed by atoms with Gasteiger partial charge < -0.3 is 14.7 Å². The van der Waals surface area contributed by atoms with Crippen molar-refractivity contribution in [3.05, 3.63) is 0 Å². The number of carbonyl (C=O) groups is 2. The molecule has 1 atom stereocenters. The maximum absolute atomic E-state index is 14.9. The van der Waals surface area contributed by atoms with Crippen LogP contribution >= 0.6 is 0 Å². The first kappa shape index (κ1) is 15.9. The normalized spacial score (nSPS) is 29.1. The van der Waals surface area contributed by atoms with Crippen molar-refractivity contribution in [3.8, 4) is 12.3 Å². The third-order valence-corrected chi connectivity index (χ3v) is 4.98. The highest BCUT2D eigenvalue weighted by atomic mass is 19.1. The van der Waals surface area contributed by atoms with Gasteiger partial charge in [-0.1, -0.05) is 0 Å². The van der Waals surface area contributed by atoms with Crippen molar-refractivity contribution >= 4 is 11.9 Å². The summed E-state index contributed by atoms with van der Waals surface area (Å²) in [4.78, 5) is 24.9. The second-order valence-corrected chi connectivity index (χ2v) is 6.52. The first-order valence-corrected chi connectivity index (χ1v) is 7.52. The minimum atomic E-state index is -2.45. The summed E-state index contributed by atoms with van der Waals surface area (Å²) in [6, 6.07) is 0. The number of likely N-dealkylation sites (tertiary alicyclic amines) is 1. The van der Waals surface area contributed by atoms with Crippen LogP contribution in [0.25, 0.3) is 0 Å². The summed E-state index contributed by atoms with van der Waals surface area (Å²) in [7, 11) is 0. The second-order valence-electron chi connectivity index (χ2n) is 6.52. The van der Waals surface area contributed by atoms with E-state index in [-0.39, 0.29) is 32.1 Å². The molecule has 124 valence electrons. The van der Waals surface area contributed by atoms with Gasteiger partial charge in [0.1, 0.15) is 0 Å². The van der Waals surface area contributed by atoms with Crippen molar-refractivity contribution in [1.29, 1.82) is 0 Å². The molecule has 3 rings (SSSR count). The number of carbonyl (C=O) groups excluding carboxylic acids is 1. The lowest BCUT2D eigenvalue weighted by Crippen LogP contribution is -2.60. The van der Waals surface area contributed by atoms with Gasteiger partial charge in [0, 0.05) is 32.2 Å². The fourth-order valence-electron chi connectivity index (χ4n) is 3.25. The summed E-state index contributed by atoms with van der Waals surface area (Å²) in [6.45, 7) is -0.316. The fraction of sp³-hybridized carbons (Fsp3) is 0.733. The number of aliphatic carboxylic acids is 1. The standard InChI is InChI=1S/C15H18FN3O4/c1-2-3-5-14(17-18-14)6-4-11(20)19-7-13(9-23-10-13)15(16,8-19)12(21)22/h1H,3-10H2,(H,21,22). The van der Waals surface area contributed by atoms with Crippen LogP contribution in [0.1, 0.15) is 25.7 Å². The van der Waals surface area contributed by atoms with Crippen molar-refractivity contribution in [3.63, 3.8) is 0 Å². The predicted molar refractivity (Wildman–Crippen MR) is 76.2 cm³/mol. The summed E-state index contributed by atoms with van der Waals surface area (Å²) < 4.78 is 19.9. The Hall–Kier alpha value is -2.01. The molecule has 1 amide bonds. The van der Waals surface area contributed by atoms with Crippen LogP contribution in [-0.4, -0.2) is 59.5 Å². The highest BCUT2D eigenvalue weighted by molar-refractivity contribution is 5.84. The smallest absolute Gasteiger partial charge is 0.344 e. The number of amides is 1. The fourth-order valence-corrected chi connectivity index (χ4v) is 3.25. The Labute approximate surface area is 132 Å². The molecule has 2 saturated heterocycles. The minimum absolute atomic E-state index is 0.0242. The SMILES string of the molecule is C#CCCC1(CCC(=O)N2CC3(COC3)C(F)(C(=O)O)C2)N=N1. The summed E-state index contributed by atoms with van der Waals surface area (Å²) in [6.07, 6.45) is 6.89. The van der Waals surface area contributed by atoms with Gasteiger partial charge in [-0.15, -0.1) is 12.3 Å². The number of hydrogen-bond acceptors (Lipinski definition) is 5. The molecule has 8 heteroatoms. The lowest BCUT2D eigenvalue weighted by atomic mass is 9.74. The van der Waals surface area contributed by atoms with Gasteiger partial charge >= 0.3 is 5.97 Å². The summed E-state index contributed by atoms with van der Waals surface area (Å²) in [5.41, 5.74) is -4.14. The molecule has 3 aliphatic heterocycles. The zero-order valence-electron chi connectivity index (χ0n) is 12.6. The van der Waals surface area contributed by atoms with Gasteiger partial charge in [-0.3, -0.25) is 4.79 Å². The molecule has 0 aliphatic carbocycles. The topological polar surface area (TPSA) is 91.6 Å². The lowest BCUT2D eigenvalue weighted by molar-refractivity contribution is -0.192. The number of hydrogen-bond donors (Lipinski definition) is 1. The molecule has 0 saturated carbocycles. The van der Waals surface area contributed by atoms with E-state index in [0.717, 1.165) is 0 Å². The first-order valence-electron chi connectivity index (χ1n) is 7.52.